The van der Waals surface area contributed by atoms with Crippen molar-refractivity contribution in [3.63, 3.8) is 0 Å². The first-order chi connectivity index (χ1) is 9.29. The highest BCUT2D eigenvalue weighted by molar-refractivity contribution is 7.13. The van der Waals surface area contributed by atoms with E-state index >= 15 is 0 Å². The van der Waals surface area contributed by atoms with Crippen LogP contribution in [0.5, 0.6) is 5.75 Å². The van der Waals surface area contributed by atoms with Gasteiger partial charge in [0.1, 0.15) is 5.75 Å². The molecule has 0 fully saturated rings. The topological polar surface area (TPSA) is 63.2 Å². The fourth-order valence-corrected chi connectivity index (χ4v) is 1.97. The molecule has 2 rings (SSSR count). The van der Waals surface area contributed by atoms with Gasteiger partial charge in [-0.05, 0) is 18.6 Å². The van der Waals surface area contributed by atoms with Crippen molar-refractivity contribution in [2.45, 2.75) is 13.3 Å². The number of ether oxygens (including phenoxy) is 1. The Morgan fingerprint density at radius 2 is 2.21 bits per heavy atom. The van der Waals surface area contributed by atoms with Gasteiger partial charge < -0.3 is 10.1 Å². The van der Waals surface area contributed by atoms with Gasteiger partial charge in [-0.15, -0.1) is 11.3 Å². The predicted octanol–water partition coefficient (Wildman–Crippen LogP) is 3.58. The van der Waals surface area contributed by atoms with Crippen LogP contribution in [0.4, 0.5) is 15.6 Å². The zero-order valence-electron chi connectivity index (χ0n) is 10.6. The molecule has 2 aromatic rings. The van der Waals surface area contributed by atoms with Gasteiger partial charge in [0.05, 0.1) is 12.3 Å². The van der Waals surface area contributed by atoms with E-state index in [2.05, 4.69) is 15.6 Å². The van der Waals surface area contributed by atoms with E-state index in [0.717, 1.165) is 6.42 Å². The van der Waals surface area contributed by atoms with Crippen molar-refractivity contribution < 1.29 is 9.53 Å². The Morgan fingerprint density at radius 1 is 1.37 bits per heavy atom. The first kappa shape index (κ1) is 13.4. The van der Waals surface area contributed by atoms with E-state index in [1.54, 1.807) is 17.6 Å². The highest BCUT2D eigenvalue weighted by Crippen LogP contribution is 2.24. The third-order valence-corrected chi connectivity index (χ3v) is 2.94. The molecule has 0 saturated heterocycles. The molecule has 6 heteroatoms. The lowest BCUT2D eigenvalue weighted by atomic mass is 10.3. The van der Waals surface area contributed by atoms with E-state index in [4.69, 9.17) is 4.74 Å². The average molecular weight is 277 g/mol. The molecule has 0 saturated carbocycles. The summed E-state index contributed by atoms with van der Waals surface area (Å²) in [5.74, 6) is 0.665. The van der Waals surface area contributed by atoms with E-state index in [1.807, 2.05) is 25.1 Å². The number of hydrogen-bond acceptors (Lipinski definition) is 4. The Morgan fingerprint density at radius 3 is 2.95 bits per heavy atom. The van der Waals surface area contributed by atoms with Gasteiger partial charge in [-0.1, -0.05) is 19.1 Å². The SMILES string of the molecule is CCCOc1ccccc1NC(=O)Nc1nccs1. The highest BCUT2D eigenvalue weighted by atomic mass is 32.1. The van der Waals surface area contributed by atoms with Crippen molar-refractivity contribution in [1.29, 1.82) is 0 Å². The normalized spacial score (nSPS) is 9.95. The molecule has 2 N–H and O–H groups in total. The maximum Gasteiger partial charge on any atom is 0.325 e. The third kappa shape index (κ3) is 3.96. The van der Waals surface area contributed by atoms with Crippen LogP contribution in [0.2, 0.25) is 0 Å². The molecule has 1 aromatic heterocycles. The number of aromatic nitrogens is 1. The summed E-state index contributed by atoms with van der Waals surface area (Å²) in [6.45, 7) is 2.65. The number of anilines is 2. The Balaban J connectivity index is 1.99. The van der Waals surface area contributed by atoms with Gasteiger partial charge in [0.25, 0.3) is 0 Å². The van der Waals surface area contributed by atoms with Gasteiger partial charge in [0.15, 0.2) is 5.13 Å². The molecular weight excluding hydrogens is 262 g/mol. The molecule has 2 amide bonds. The standard InChI is InChI=1S/C13H15N3O2S/c1-2-8-18-11-6-4-3-5-10(11)15-12(17)16-13-14-7-9-19-13/h3-7,9H,2,8H2,1H3,(H2,14,15,16,17). The minimum absolute atomic E-state index is 0.331. The van der Waals surface area contributed by atoms with E-state index in [0.29, 0.717) is 23.2 Å². The summed E-state index contributed by atoms with van der Waals surface area (Å²) in [5.41, 5.74) is 0.644. The minimum Gasteiger partial charge on any atom is -0.491 e. The summed E-state index contributed by atoms with van der Waals surface area (Å²) >= 11 is 1.37. The summed E-state index contributed by atoms with van der Waals surface area (Å²) in [5, 5.41) is 7.76. The molecule has 5 nitrogen and oxygen atoms in total. The maximum atomic E-state index is 11.8. The van der Waals surface area contributed by atoms with Crippen molar-refractivity contribution >= 4 is 28.2 Å². The number of hydrogen-bond donors (Lipinski definition) is 2. The number of carbonyl (C=O) groups is 1. The van der Waals surface area contributed by atoms with Crippen LogP contribution in [0.3, 0.4) is 0 Å². The van der Waals surface area contributed by atoms with Gasteiger partial charge >= 0.3 is 6.03 Å². The van der Waals surface area contributed by atoms with Gasteiger partial charge in [0.2, 0.25) is 0 Å². The van der Waals surface area contributed by atoms with Gasteiger partial charge in [-0.25, -0.2) is 9.78 Å². The lowest BCUT2D eigenvalue weighted by molar-refractivity contribution is 0.262. The van der Waals surface area contributed by atoms with E-state index in [1.165, 1.54) is 11.3 Å². The van der Waals surface area contributed by atoms with Crippen LogP contribution in [-0.2, 0) is 0 Å². The van der Waals surface area contributed by atoms with Crippen molar-refractivity contribution in [2.24, 2.45) is 0 Å². The smallest absolute Gasteiger partial charge is 0.325 e. The van der Waals surface area contributed by atoms with Crippen molar-refractivity contribution in [3.05, 3.63) is 35.8 Å². The molecule has 0 spiro atoms. The summed E-state index contributed by atoms with van der Waals surface area (Å²) in [4.78, 5) is 15.8. The third-order valence-electron chi connectivity index (χ3n) is 2.25. The number of thiazole rings is 1. The molecule has 100 valence electrons. The van der Waals surface area contributed by atoms with Crippen molar-refractivity contribution in [1.82, 2.24) is 4.98 Å². The Bertz CT molecular complexity index is 528. The second-order valence-corrected chi connectivity index (χ2v) is 4.66. The first-order valence-corrected chi connectivity index (χ1v) is 6.87. The van der Waals surface area contributed by atoms with Crippen LogP contribution in [0.1, 0.15) is 13.3 Å². The number of benzene rings is 1. The average Bonchev–Trinajstić information content (AvgIpc) is 2.90. The Kier molecular flexibility index (Phi) is 4.74. The summed E-state index contributed by atoms with van der Waals surface area (Å²) in [6.07, 6.45) is 2.55. The van der Waals surface area contributed by atoms with Gasteiger partial charge in [-0.2, -0.15) is 0 Å². The molecule has 19 heavy (non-hydrogen) atoms. The molecule has 0 atom stereocenters. The minimum atomic E-state index is -0.331. The second-order valence-electron chi connectivity index (χ2n) is 3.76. The van der Waals surface area contributed by atoms with Gasteiger partial charge in [-0.3, -0.25) is 5.32 Å². The number of nitrogens with zero attached hydrogens (tertiary/aromatic N) is 1. The quantitative estimate of drug-likeness (QED) is 0.878. The van der Waals surface area contributed by atoms with Crippen LogP contribution in [0.15, 0.2) is 35.8 Å². The zero-order chi connectivity index (χ0) is 13.5. The summed E-state index contributed by atoms with van der Waals surface area (Å²) in [7, 11) is 0. The Hall–Kier alpha value is -2.08. The van der Waals surface area contributed by atoms with Crippen molar-refractivity contribution in [3.8, 4) is 5.75 Å². The first-order valence-electron chi connectivity index (χ1n) is 5.99. The van der Waals surface area contributed by atoms with E-state index in [9.17, 15) is 4.79 Å². The van der Waals surface area contributed by atoms with Crippen molar-refractivity contribution in [2.75, 3.05) is 17.2 Å². The molecule has 1 aromatic carbocycles. The summed E-state index contributed by atoms with van der Waals surface area (Å²) in [6, 6.07) is 7.01. The maximum absolute atomic E-state index is 11.8. The van der Waals surface area contributed by atoms with Crippen LogP contribution in [-0.4, -0.2) is 17.6 Å². The molecule has 0 aliphatic heterocycles. The largest absolute Gasteiger partial charge is 0.491 e. The highest BCUT2D eigenvalue weighted by Gasteiger charge is 2.08. The van der Waals surface area contributed by atoms with Gasteiger partial charge in [0, 0.05) is 11.6 Å². The lowest BCUT2D eigenvalue weighted by Crippen LogP contribution is -2.19. The van der Waals surface area contributed by atoms with Crippen LogP contribution in [0.25, 0.3) is 0 Å². The number of urea groups is 1. The zero-order valence-corrected chi connectivity index (χ0v) is 11.4. The van der Waals surface area contributed by atoms with Crippen LogP contribution >= 0.6 is 11.3 Å². The fourth-order valence-electron chi connectivity index (χ4n) is 1.44. The second kappa shape index (κ2) is 6.75. The van der Waals surface area contributed by atoms with Crippen LogP contribution < -0.4 is 15.4 Å². The molecule has 0 unspecified atom stereocenters. The fraction of sp³-hybridized carbons (Fsp3) is 0.231. The molecular formula is C13H15N3O2S. The number of carbonyl (C=O) groups excluding carboxylic acids is 1. The number of para-hydroxylation sites is 2. The predicted molar refractivity (Wildman–Crippen MR) is 77.0 cm³/mol. The van der Waals surface area contributed by atoms with Crippen LogP contribution in [0, 0.1) is 0 Å². The van der Waals surface area contributed by atoms with E-state index in [-0.39, 0.29) is 6.03 Å². The molecule has 0 radical (unpaired) electrons. The molecule has 0 aliphatic carbocycles. The molecule has 0 aliphatic rings. The monoisotopic (exact) mass is 277 g/mol. The number of amides is 2. The summed E-state index contributed by atoms with van der Waals surface area (Å²) < 4.78 is 5.57. The molecule has 1 heterocycles. The number of nitrogens with one attached hydrogen (secondary N) is 2. The molecule has 0 bridgehead atoms. The Labute approximate surface area is 115 Å². The lowest BCUT2D eigenvalue weighted by Gasteiger charge is -2.11. The van der Waals surface area contributed by atoms with E-state index < -0.39 is 0 Å². The number of rotatable bonds is 5.